The molecule has 3 aromatic rings. The highest BCUT2D eigenvalue weighted by Crippen LogP contribution is 2.33. The van der Waals surface area contributed by atoms with Gasteiger partial charge in [-0.05, 0) is 31.0 Å². The second kappa shape index (κ2) is 8.86. The molecule has 2 N–H and O–H groups in total. The van der Waals surface area contributed by atoms with Gasteiger partial charge in [-0.1, -0.05) is 0 Å². The molecule has 6 rings (SSSR count). The summed E-state index contributed by atoms with van der Waals surface area (Å²) < 4.78 is 26.8. The Kier molecular flexibility index (Phi) is 5.52. The minimum absolute atomic E-state index is 0.0368. The molecule has 3 aromatic heterocycles. The number of ether oxygens (including phenoxy) is 2. The zero-order valence-electron chi connectivity index (χ0n) is 19.2. The molecule has 2 amide bonds. The van der Waals surface area contributed by atoms with Crippen LogP contribution in [0.3, 0.4) is 0 Å². The Morgan fingerprint density at radius 2 is 2.00 bits per heavy atom. The van der Waals surface area contributed by atoms with E-state index in [0.717, 1.165) is 19.0 Å². The van der Waals surface area contributed by atoms with Crippen LogP contribution in [0.5, 0.6) is 11.5 Å². The Morgan fingerprint density at radius 1 is 1.17 bits per heavy atom. The zero-order chi connectivity index (χ0) is 24.8. The third kappa shape index (κ3) is 4.02. The molecule has 3 aliphatic heterocycles. The number of aromatic nitrogens is 3. The number of rotatable bonds is 4. The maximum absolute atomic E-state index is 14.2. The predicted octanol–water partition coefficient (Wildman–Crippen LogP) is 1.09. The van der Waals surface area contributed by atoms with Crippen LogP contribution < -0.4 is 25.7 Å². The van der Waals surface area contributed by atoms with E-state index in [0.29, 0.717) is 36.4 Å². The van der Waals surface area contributed by atoms with Crippen LogP contribution in [-0.2, 0) is 4.79 Å². The van der Waals surface area contributed by atoms with Gasteiger partial charge in [0.25, 0.3) is 17.4 Å². The molecule has 0 aromatic carbocycles. The Hall–Kier alpha value is -4.06. The SMILES string of the molecule is O=C1COc2ccc(C(=O)NC3CCN(C[C@@H]4COc5c(F)cnc6ccc(=O)n4c56)CC3)nc2N1. The molecule has 0 unspecified atom stereocenters. The molecule has 1 fully saturated rings. The molecule has 36 heavy (non-hydrogen) atoms. The smallest absolute Gasteiger partial charge is 0.270 e. The lowest BCUT2D eigenvalue weighted by Gasteiger charge is -2.36. The van der Waals surface area contributed by atoms with Gasteiger partial charge >= 0.3 is 0 Å². The average molecular weight is 494 g/mol. The van der Waals surface area contributed by atoms with Crippen molar-refractivity contribution < 1.29 is 23.5 Å². The highest BCUT2D eigenvalue weighted by molar-refractivity contribution is 5.97. The van der Waals surface area contributed by atoms with E-state index >= 15 is 0 Å². The van der Waals surface area contributed by atoms with Gasteiger partial charge in [0.15, 0.2) is 29.7 Å². The molecule has 1 atom stereocenters. The van der Waals surface area contributed by atoms with Crippen LogP contribution in [-0.4, -0.2) is 70.1 Å². The second-order valence-electron chi connectivity index (χ2n) is 9.10. The number of amides is 2. The summed E-state index contributed by atoms with van der Waals surface area (Å²) in [4.78, 5) is 47.5. The molecule has 186 valence electrons. The summed E-state index contributed by atoms with van der Waals surface area (Å²) in [5, 5.41) is 5.61. The summed E-state index contributed by atoms with van der Waals surface area (Å²) in [5.41, 5.74) is 0.887. The number of nitrogens with zero attached hydrogens (tertiary/aromatic N) is 4. The molecule has 0 aliphatic carbocycles. The van der Waals surface area contributed by atoms with E-state index in [9.17, 15) is 18.8 Å². The fourth-order valence-corrected chi connectivity index (χ4v) is 4.97. The average Bonchev–Trinajstić information content (AvgIpc) is 2.88. The van der Waals surface area contributed by atoms with Crippen molar-refractivity contribution in [3.63, 3.8) is 0 Å². The minimum Gasteiger partial charge on any atom is -0.486 e. The number of carbonyl (C=O) groups is 2. The Bertz CT molecular complexity index is 1430. The third-order valence-corrected chi connectivity index (χ3v) is 6.74. The highest BCUT2D eigenvalue weighted by Gasteiger charge is 2.30. The van der Waals surface area contributed by atoms with Gasteiger partial charge in [-0.15, -0.1) is 0 Å². The summed E-state index contributed by atoms with van der Waals surface area (Å²) in [7, 11) is 0. The first kappa shape index (κ1) is 22.4. The number of hydrogen-bond donors (Lipinski definition) is 2. The monoisotopic (exact) mass is 494 g/mol. The number of halogens is 1. The highest BCUT2D eigenvalue weighted by atomic mass is 19.1. The lowest BCUT2D eigenvalue weighted by Crippen LogP contribution is -2.47. The molecular weight excluding hydrogens is 471 g/mol. The van der Waals surface area contributed by atoms with Crippen molar-refractivity contribution in [2.24, 2.45) is 0 Å². The first-order valence-corrected chi connectivity index (χ1v) is 11.8. The van der Waals surface area contributed by atoms with E-state index in [1.54, 1.807) is 22.8 Å². The van der Waals surface area contributed by atoms with Crippen LogP contribution in [0.2, 0.25) is 0 Å². The van der Waals surface area contributed by atoms with Gasteiger partial charge < -0.3 is 25.0 Å². The van der Waals surface area contributed by atoms with Gasteiger partial charge in [-0.2, -0.15) is 0 Å². The molecule has 0 spiro atoms. The normalized spacial score (nSPS) is 19.7. The van der Waals surface area contributed by atoms with Gasteiger partial charge in [0.05, 0.1) is 17.8 Å². The number of anilines is 1. The van der Waals surface area contributed by atoms with E-state index in [-0.39, 0.29) is 59.9 Å². The maximum atomic E-state index is 14.2. The summed E-state index contributed by atoms with van der Waals surface area (Å²) in [6, 6.07) is 5.90. The summed E-state index contributed by atoms with van der Waals surface area (Å²) >= 11 is 0. The van der Waals surface area contributed by atoms with E-state index in [4.69, 9.17) is 9.47 Å². The first-order chi connectivity index (χ1) is 17.5. The van der Waals surface area contributed by atoms with E-state index in [2.05, 4.69) is 25.5 Å². The standard InChI is InChI=1S/C24H23FN6O5/c25-15-9-26-16-2-4-20(33)31-14(11-36-22(15)21(16)31)10-30-7-5-13(6-8-30)27-24(34)17-1-3-18-23(28-17)29-19(32)12-35-18/h1-4,9,13-14H,5-8,10-12H2,(H,27,34)(H,28,29,32)/t14-/m1/s1. The molecule has 12 heteroatoms. The van der Waals surface area contributed by atoms with Crippen LogP contribution in [0.15, 0.2) is 35.3 Å². The van der Waals surface area contributed by atoms with Crippen molar-refractivity contribution in [2.75, 3.05) is 38.2 Å². The number of piperidine rings is 1. The Balaban J connectivity index is 1.09. The number of carbonyl (C=O) groups excluding carboxylic acids is 2. The molecule has 1 saturated heterocycles. The van der Waals surface area contributed by atoms with Gasteiger partial charge in [0.2, 0.25) is 0 Å². The van der Waals surface area contributed by atoms with Crippen molar-refractivity contribution in [3.8, 4) is 11.5 Å². The van der Waals surface area contributed by atoms with Crippen molar-refractivity contribution in [1.29, 1.82) is 0 Å². The van der Waals surface area contributed by atoms with Crippen LogP contribution >= 0.6 is 0 Å². The minimum atomic E-state index is -0.583. The van der Waals surface area contributed by atoms with Crippen molar-refractivity contribution in [3.05, 3.63) is 52.3 Å². The number of hydrogen-bond acceptors (Lipinski definition) is 8. The van der Waals surface area contributed by atoms with Crippen molar-refractivity contribution >= 4 is 28.7 Å². The molecule has 0 radical (unpaired) electrons. The van der Waals surface area contributed by atoms with Crippen LogP contribution in [0.25, 0.3) is 11.0 Å². The fraction of sp³-hybridized carbons (Fsp3) is 0.375. The lowest BCUT2D eigenvalue weighted by atomic mass is 10.0. The topological polar surface area (TPSA) is 128 Å². The van der Waals surface area contributed by atoms with Crippen molar-refractivity contribution in [1.82, 2.24) is 24.8 Å². The first-order valence-electron chi connectivity index (χ1n) is 11.8. The van der Waals surface area contributed by atoms with E-state index < -0.39 is 5.82 Å². The Morgan fingerprint density at radius 3 is 2.83 bits per heavy atom. The lowest BCUT2D eigenvalue weighted by molar-refractivity contribution is -0.118. The number of likely N-dealkylation sites (tertiary alicyclic amines) is 1. The zero-order valence-corrected chi connectivity index (χ0v) is 19.2. The third-order valence-electron chi connectivity index (χ3n) is 6.74. The van der Waals surface area contributed by atoms with Gasteiger partial charge in [-0.25, -0.2) is 9.37 Å². The molecular formula is C24H23FN6O5. The molecule has 0 bridgehead atoms. The maximum Gasteiger partial charge on any atom is 0.270 e. The van der Waals surface area contributed by atoms with Gasteiger partial charge in [0.1, 0.15) is 17.8 Å². The number of pyridine rings is 3. The van der Waals surface area contributed by atoms with Gasteiger partial charge in [0, 0.05) is 31.7 Å². The largest absolute Gasteiger partial charge is 0.486 e. The number of fused-ring (bicyclic) bond motifs is 1. The molecule has 3 aliphatic rings. The molecule has 6 heterocycles. The van der Waals surface area contributed by atoms with Crippen LogP contribution in [0.1, 0.15) is 29.4 Å². The van der Waals surface area contributed by atoms with Crippen LogP contribution in [0, 0.1) is 5.82 Å². The second-order valence-corrected chi connectivity index (χ2v) is 9.10. The van der Waals surface area contributed by atoms with Gasteiger partial charge in [-0.3, -0.25) is 23.9 Å². The van der Waals surface area contributed by atoms with Crippen molar-refractivity contribution in [2.45, 2.75) is 24.9 Å². The summed E-state index contributed by atoms with van der Waals surface area (Å²) in [6.45, 7) is 2.09. The molecule has 11 nitrogen and oxygen atoms in total. The van der Waals surface area contributed by atoms with Crippen LogP contribution in [0.4, 0.5) is 10.2 Å². The quantitative estimate of drug-likeness (QED) is 0.552. The van der Waals surface area contributed by atoms with E-state index in [1.807, 2.05) is 0 Å². The van der Waals surface area contributed by atoms with E-state index in [1.165, 1.54) is 6.07 Å². The summed E-state index contributed by atoms with van der Waals surface area (Å²) in [6.07, 6.45) is 2.54. The molecule has 0 saturated carbocycles. The predicted molar refractivity (Wildman–Crippen MR) is 126 cm³/mol. The Labute approximate surface area is 204 Å². The summed E-state index contributed by atoms with van der Waals surface area (Å²) in [5.74, 6) is -0.474. The fourth-order valence-electron chi connectivity index (χ4n) is 4.97. The number of nitrogens with one attached hydrogen (secondary N) is 2.